The Hall–Kier alpha value is -10.9. The molecule has 98 heavy (non-hydrogen) atoms. The zero-order chi connectivity index (χ0) is 73.9. The number of aliphatic carboxylic acids is 2. The molecule has 12 rings (SSSR count). The normalized spacial score (nSPS) is 11.5. The molecule has 0 aliphatic rings. The average Bonchev–Trinajstić information content (AvgIpc) is 0.744. The maximum atomic E-state index is 13.3. The zero-order valence-corrected chi connectivity index (χ0v) is 59.8. The van der Waals surface area contributed by atoms with Crippen LogP contribution in [-0.2, 0) is 45.4 Å². The van der Waals surface area contributed by atoms with Gasteiger partial charge in [0.15, 0.2) is 21.7 Å². The lowest BCUT2D eigenvalue weighted by molar-refractivity contribution is -0.138. The van der Waals surface area contributed by atoms with Crippen molar-refractivity contribution >= 4 is 134 Å². The van der Waals surface area contributed by atoms with Crippen LogP contribution in [0.2, 0.25) is 0 Å². The van der Waals surface area contributed by atoms with Crippen LogP contribution in [0, 0.1) is 83.1 Å². The molecule has 4 heterocycles. The summed E-state index contributed by atoms with van der Waals surface area (Å²) < 4.78 is 22.2. The molecule has 18 nitrogen and oxygen atoms in total. The number of carbonyl (C=O) groups excluding carboxylic acids is 2. The average molecular weight is 1330 g/mol. The minimum absolute atomic E-state index is 0.0209. The summed E-state index contributed by atoms with van der Waals surface area (Å²) in [5, 5.41) is 23.6. The first-order valence-corrected chi connectivity index (χ1v) is 32.3. The van der Waals surface area contributed by atoms with Gasteiger partial charge in [0.2, 0.25) is 0 Å². The van der Waals surface area contributed by atoms with Crippen LogP contribution in [0.1, 0.15) is 69.5 Å². The molecule has 0 unspecified atom stereocenters. The van der Waals surface area contributed by atoms with Crippen molar-refractivity contribution in [2.45, 2.75) is 109 Å². The maximum absolute atomic E-state index is 13.3. The predicted octanol–water partition coefficient (Wildman–Crippen LogP) is 13.2. The number of carboxylic acid groups (broad SMARTS) is 2. The van der Waals surface area contributed by atoms with E-state index in [2.05, 4.69) is 0 Å². The van der Waals surface area contributed by atoms with Crippen molar-refractivity contribution in [1.29, 1.82) is 0 Å². The molecule has 0 saturated carbocycles. The Morgan fingerprint density at radius 1 is 0.347 bits per heavy atom. The Labute approximate surface area is 572 Å². The van der Waals surface area contributed by atoms with Crippen LogP contribution in [0.5, 0.6) is 0 Å². The van der Waals surface area contributed by atoms with Gasteiger partial charge in [-0.3, -0.25) is 28.8 Å². The fraction of sp³-hybridized carbons (Fsp3) is 0.300. The molecule has 0 amide bonds. The summed E-state index contributed by atoms with van der Waals surface area (Å²) in [7, 11) is 15.3. The van der Waals surface area contributed by atoms with Gasteiger partial charge in [0, 0.05) is 88.7 Å². The number of carbonyl (C=O) groups is 4. The van der Waals surface area contributed by atoms with Crippen molar-refractivity contribution in [1.82, 2.24) is 18.3 Å². The molecule has 4 aromatic heterocycles. The predicted molar refractivity (Wildman–Crippen MR) is 404 cm³/mol. The summed E-state index contributed by atoms with van der Waals surface area (Å²) in [6.45, 7) is 23.0. The number of hydrogen-bond acceptors (Lipinski definition) is 12. The van der Waals surface area contributed by atoms with E-state index in [9.17, 15) is 48.6 Å². The van der Waals surface area contributed by atoms with Crippen LogP contribution in [0.25, 0.3) is 87.2 Å². The van der Waals surface area contributed by atoms with Crippen molar-refractivity contribution in [2.75, 3.05) is 76.0 Å². The first-order chi connectivity index (χ1) is 46.9. The maximum Gasteiger partial charge on any atom is 0.323 e. The molecule has 0 aliphatic heterocycles. The Morgan fingerprint density at radius 3 is 1.01 bits per heavy atom. The number of anilines is 4. The molecular formula is C80H88N8O10. The van der Waals surface area contributed by atoms with E-state index in [-0.39, 0.29) is 47.9 Å². The van der Waals surface area contributed by atoms with Crippen molar-refractivity contribution < 1.29 is 32.1 Å². The van der Waals surface area contributed by atoms with E-state index in [0.29, 0.717) is 81.7 Å². The minimum atomic E-state index is -0.936. The van der Waals surface area contributed by atoms with Crippen molar-refractivity contribution in [3.05, 3.63) is 205 Å². The van der Waals surface area contributed by atoms with E-state index < -0.39 is 24.5 Å². The molecule has 12 aromatic rings. The van der Waals surface area contributed by atoms with Gasteiger partial charge in [-0.25, -0.2) is 0 Å². The summed E-state index contributed by atoms with van der Waals surface area (Å²) in [5.74, 6) is -1.87. The van der Waals surface area contributed by atoms with E-state index in [1.54, 1.807) is 31.9 Å². The van der Waals surface area contributed by atoms with Gasteiger partial charge >= 0.3 is 11.9 Å². The third-order valence-corrected chi connectivity index (χ3v) is 18.5. The van der Waals surface area contributed by atoms with Crippen molar-refractivity contribution in [3.63, 3.8) is 0 Å². The van der Waals surface area contributed by atoms with Crippen LogP contribution in [0.3, 0.4) is 0 Å². The Bertz CT molecular complexity index is 5370. The van der Waals surface area contributed by atoms with Gasteiger partial charge in [-0.2, -0.15) is 0 Å². The van der Waals surface area contributed by atoms with E-state index in [1.807, 2.05) is 242 Å². The quantitative estimate of drug-likeness (QED) is 0.0861. The number of carboxylic acids is 2. The highest BCUT2D eigenvalue weighted by Crippen LogP contribution is 2.37. The van der Waals surface area contributed by atoms with E-state index in [0.717, 1.165) is 95.0 Å². The van der Waals surface area contributed by atoms with Gasteiger partial charge < -0.3 is 57.7 Å². The van der Waals surface area contributed by atoms with Crippen molar-refractivity contribution in [3.8, 4) is 0 Å². The summed E-state index contributed by atoms with van der Waals surface area (Å²) in [4.78, 5) is 107. The molecule has 18 heteroatoms. The summed E-state index contributed by atoms with van der Waals surface area (Å²) in [6, 6.07) is 30.2. The molecule has 0 saturated heterocycles. The highest BCUT2D eigenvalue weighted by atomic mass is 16.4. The highest BCUT2D eigenvalue weighted by Gasteiger charge is 2.24. The summed E-state index contributed by atoms with van der Waals surface area (Å²) in [6.07, 6.45) is -1.37. The standard InChI is InChI=1S/C21H24N2O3.C21H24N2O2.C19H20N2O3.C19H20N2O2/c1-11-8-15-16(9-12(11)2)23(10-17(24)25)20-18(21(15)26)13(3)7-14(4)19(20)22(5)6;1-12-10-16-17(11-13(12)2)23(7-8-24)20-18(21(16)25)14(3)9-15(4)19(20)22(5)6;1-11-5-7-13-15(9-11)21(10-16(22)23)18-14(19(13)24)8-6-12(2)17(18)20(3)4;1-12-5-7-14-16(11-12)21(9-10-22)18-15(19(14)23)8-6-13(2)17(18)20(3)4/h7-9H,10H2,1-6H3,(H,24,25);8-11H,7H2,1-6H3;5-9H,10H2,1-4H3,(H,22,23);5-8,10-11H,9H2,1-4H3/i;8T;;10T. The third-order valence-electron chi connectivity index (χ3n) is 18.5. The second kappa shape index (κ2) is 28.1. The van der Waals surface area contributed by atoms with Crippen LogP contribution < -0.4 is 41.3 Å². The second-order valence-corrected chi connectivity index (χ2v) is 26.7. The number of aryl methyl sites for hydroxylation is 12. The van der Waals surface area contributed by atoms with Gasteiger partial charge in [0.05, 0.1) is 90.7 Å². The lowest BCUT2D eigenvalue weighted by atomic mass is 9.98. The molecule has 0 bridgehead atoms. The molecule has 0 spiro atoms. The largest absolute Gasteiger partial charge is 0.480 e. The number of benzene rings is 8. The minimum Gasteiger partial charge on any atom is -0.480 e. The van der Waals surface area contributed by atoms with Crippen molar-refractivity contribution in [2.24, 2.45) is 0 Å². The number of pyridine rings is 4. The molecular weight excluding hydrogens is 1230 g/mol. The van der Waals surface area contributed by atoms with Gasteiger partial charge in [-0.05, 0) is 211 Å². The Kier molecular flexibility index (Phi) is 19.6. The van der Waals surface area contributed by atoms with Crippen LogP contribution >= 0.6 is 0 Å². The van der Waals surface area contributed by atoms with E-state index in [1.165, 1.54) is 0 Å². The number of rotatable bonds is 12. The van der Waals surface area contributed by atoms with Gasteiger partial charge in [-0.1, -0.05) is 36.4 Å². The highest BCUT2D eigenvalue weighted by molar-refractivity contribution is 6.06. The number of hydrogen-bond donors (Lipinski definition) is 2. The molecule has 0 aliphatic carbocycles. The fourth-order valence-corrected chi connectivity index (χ4v) is 14.2. The Morgan fingerprint density at radius 2 is 0.643 bits per heavy atom. The first-order valence-electron chi connectivity index (χ1n) is 33.3. The summed E-state index contributed by atoms with van der Waals surface area (Å²) in [5.41, 5.74) is 20.9. The number of fused-ring (bicyclic) bond motifs is 8. The lowest BCUT2D eigenvalue weighted by Crippen LogP contribution is -2.21. The van der Waals surface area contributed by atoms with E-state index in [4.69, 9.17) is 2.74 Å². The monoisotopic (exact) mass is 1320 g/mol. The van der Waals surface area contributed by atoms with Gasteiger partial charge in [-0.15, -0.1) is 0 Å². The fourth-order valence-electron chi connectivity index (χ4n) is 14.2. The molecule has 2 N–H and O–H groups in total. The lowest BCUT2D eigenvalue weighted by Gasteiger charge is -2.24. The SMILES string of the molecule is Cc1cc2c(=O)c3c(C)cc(C)c(N(C)C)c3n(CC(=O)O)c2cc1C.Cc1ccc2c(=O)c3ccc(C)c(N(C)C)c3n(CC(=O)O)c2c1.[3H]C(=O)Cn1c2cc(C)c(C)cc2c(=O)c2c(C)cc(C)c(N(C)C)c21.[3H]C(=O)Cn1c2cc(C)ccc2c(=O)c2ccc(C)c(N(C)C)c21. The topological polar surface area (TPSA) is 210 Å². The molecule has 8 aromatic carbocycles. The first kappa shape index (κ1) is 68.5. The van der Waals surface area contributed by atoms with Gasteiger partial charge in [0.25, 0.3) is 0 Å². The molecule has 508 valence electrons. The molecule has 0 radical (unpaired) electrons. The van der Waals surface area contributed by atoms with Crippen LogP contribution in [-0.4, -0.2) is 109 Å². The Balaban J connectivity index is 0.000000156. The smallest absolute Gasteiger partial charge is 0.323 e. The zero-order valence-electron chi connectivity index (χ0n) is 61.8. The molecule has 0 atom stereocenters. The second-order valence-electron chi connectivity index (χ2n) is 26.7. The number of aldehydes is 2. The molecule has 0 fully saturated rings. The van der Waals surface area contributed by atoms with Gasteiger partial charge in [0.1, 0.15) is 28.4 Å². The van der Waals surface area contributed by atoms with Crippen LogP contribution in [0.4, 0.5) is 22.7 Å². The van der Waals surface area contributed by atoms with E-state index >= 15 is 0 Å². The third kappa shape index (κ3) is 13.0. The number of nitrogens with zero attached hydrogens (tertiary/aromatic N) is 8. The summed E-state index contributed by atoms with van der Waals surface area (Å²) >= 11 is 0. The van der Waals surface area contributed by atoms with Crippen LogP contribution in [0.15, 0.2) is 116 Å². The number of aromatic nitrogens is 4.